The van der Waals surface area contributed by atoms with Crippen molar-refractivity contribution < 1.29 is 18.9 Å². The summed E-state index contributed by atoms with van der Waals surface area (Å²) in [6, 6.07) is 11.9. The minimum Gasteiger partial charge on any atom is -0.493 e. The summed E-state index contributed by atoms with van der Waals surface area (Å²) < 4.78 is 22.3. The first kappa shape index (κ1) is 26.7. The fraction of sp³-hybridized carbons (Fsp3) is 0.435. The van der Waals surface area contributed by atoms with Crippen LogP contribution < -0.4 is 29.6 Å². The topological polar surface area (TPSA) is 73.3 Å². The summed E-state index contributed by atoms with van der Waals surface area (Å²) in [4.78, 5) is 4.28. The molecule has 0 amide bonds. The molecule has 2 N–H and O–H groups in total. The SMILES string of the molecule is CN=C(NCCc1ccc(OC)c(OC)c1OC)NCC(C)Oc1cccc(C)c1.I. The van der Waals surface area contributed by atoms with Crippen LogP contribution >= 0.6 is 24.0 Å². The summed E-state index contributed by atoms with van der Waals surface area (Å²) in [6.45, 7) is 5.39. The molecule has 31 heavy (non-hydrogen) atoms. The minimum atomic E-state index is -0.00343. The fourth-order valence-electron chi connectivity index (χ4n) is 3.10. The number of benzene rings is 2. The van der Waals surface area contributed by atoms with E-state index in [1.807, 2.05) is 37.3 Å². The number of methoxy groups -OCH3 is 3. The fourth-order valence-corrected chi connectivity index (χ4v) is 3.10. The van der Waals surface area contributed by atoms with Gasteiger partial charge < -0.3 is 29.6 Å². The first-order chi connectivity index (χ1) is 14.5. The Morgan fingerprint density at radius 2 is 1.74 bits per heavy atom. The number of guanidine groups is 1. The van der Waals surface area contributed by atoms with Gasteiger partial charge in [0.05, 0.1) is 27.9 Å². The molecule has 0 heterocycles. The lowest BCUT2D eigenvalue weighted by Gasteiger charge is -2.19. The molecule has 1 unspecified atom stereocenters. The zero-order valence-electron chi connectivity index (χ0n) is 19.2. The maximum Gasteiger partial charge on any atom is 0.203 e. The molecule has 2 aromatic rings. The third-order valence-electron chi connectivity index (χ3n) is 4.58. The molecular formula is C23H34IN3O4. The van der Waals surface area contributed by atoms with Gasteiger partial charge >= 0.3 is 0 Å². The molecule has 0 aliphatic heterocycles. The molecule has 0 fully saturated rings. The lowest BCUT2D eigenvalue weighted by Crippen LogP contribution is -2.42. The lowest BCUT2D eigenvalue weighted by atomic mass is 10.1. The van der Waals surface area contributed by atoms with Crippen LogP contribution in [-0.4, -0.2) is 53.5 Å². The van der Waals surface area contributed by atoms with E-state index < -0.39 is 0 Å². The van der Waals surface area contributed by atoms with Gasteiger partial charge in [0.1, 0.15) is 11.9 Å². The smallest absolute Gasteiger partial charge is 0.203 e. The van der Waals surface area contributed by atoms with E-state index >= 15 is 0 Å². The molecule has 0 aromatic heterocycles. The van der Waals surface area contributed by atoms with Crippen molar-refractivity contribution in [3.8, 4) is 23.0 Å². The predicted octanol–water partition coefficient (Wildman–Crippen LogP) is 3.81. The van der Waals surface area contributed by atoms with Crippen LogP contribution in [0.15, 0.2) is 41.4 Å². The van der Waals surface area contributed by atoms with Crippen molar-refractivity contribution in [2.45, 2.75) is 26.4 Å². The van der Waals surface area contributed by atoms with Gasteiger partial charge in [0, 0.05) is 19.2 Å². The van der Waals surface area contributed by atoms with Crippen LogP contribution in [0.2, 0.25) is 0 Å². The normalized spacial score (nSPS) is 11.7. The number of hydrogen-bond acceptors (Lipinski definition) is 5. The molecule has 2 aromatic carbocycles. The second-order valence-electron chi connectivity index (χ2n) is 6.87. The Bertz CT molecular complexity index is 846. The summed E-state index contributed by atoms with van der Waals surface area (Å²) in [5.74, 6) is 3.51. The van der Waals surface area contributed by atoms with Crippen LogP contribution in [0.1, 0.15) is 18.1 Å². The van der Waals surface area contributed by atoms with Gasteiger partial charge in [0.15, 0.2) is 17.5 Å². The zero-order valence-corrected chi connectivity index (χ0v) is 21.5. The van der Waals surface area contributed by atoms with Crippen molar-refractivity contribution in [3.05, 3.63) is 47.5 Å². The molecule has 0 bridgehead atoms. The van der Waals surface area contributed by atoms with Crippen LogP contribution in [0.3, 0.4) is 0 Å². The van der Waals surface area contributed by atoms with Crippen molar-refractivity contribution >= 4 is 29.9 Å². The van der Waals surface area contributed by atoms with E-state index in [2.05, 4.69) is 28.6 Å². The summed E-state index contributed by atoms with van der Waals surface area (Å²) in [6.07, 6.45) is 0.732. The Balaban J connectivity index is 0.00000480. The van der Waals surface area contributed by atoms with Gasteiger partial charge in [-0.2, -0.15) is 0 Å². The Morgan fingerprint density at radius 3 is 2.35 bits per heavy atom. The number of nitrogens with zero attached hydrogens (tertiary/aromatic N) is 1. The van der Waals surface area contributed by atoms with Gasteiger partial charge in [0.2, 0.25) is 5.75 Å². The van der Waals surface area contributed by atoms with E-state index in [9.17, 15) is 0 Å². The minimum absolute atomic E-state index is 0. The van der Waals surface area contributed by atoms with Crippen LogP contribution in [-0.2, 0) is 6.42 Å². The number of ether oxygens (including phenoxy) is 4. The molecule has 0 aliphatic carbocycles. The highest BCUT2D eigenvalue weighted by Crippen LogP contribution is 2.39. The summed E-state index contributed by atoms with van der Waals surface area (Å²) in [7, 11) is 6.59. The van der Waals surface area contributed by atoms with E-state index in [1.165, 1.54) is 5.56 Å². The summed E-state index contributed by atoms with van der Waals surface area (Å²) in [5.41, 5.74) is 2.20. The van der Waals surface area contributed by atoms with Crippen molar-refractivity contribution in [3.63, 3.8) is 0 Å². The maximum absolute atomic E-state index is 5.95. The van der Waals surface area contributed by atoms with Crippen LogP contribution in [0.4, 0.5) is 0 Å². The van der Waals surface area contributed by atoms with Gasteiger partial charge in [-0.15, -0.1) is 24.0 Å². The molecule has 8 heteroatoms. The first-order valence-electron chi connectivity index (χ1n) is 9.98. The molecule has 1 atom stereocenters. The first-order valence-corrected chi connectivity index (χ1v) is 9.98. The van der Waals surface area contributed by atoms with E-state index in [4.69, 9.17) is 18.9 Å². The van der Waals surface area contributed by atoms with Crippen molar-refractivity contribution in [1.29, 1.82) is 0 Å². The third-order valence-corrected chi connectivity index (χ3v) is 4.58. The zero-order chi connectivity index (χ0) is 21.9. The Morgan fingerprint density at radius 1 is 1.00 bits per heavy atom. The number of aliphatic imine (C=N–C) groups is 1. The molecule has 0 saturated carbocycles. The van der Waals surface area contributed by atoms with Gasteiger partial charge in [0.25, 0.3) is 0 Å². The molecule has 0 spiro atoms. The second kappa shape index (κ2) is 13.8. The van der Waals surface area contributed by atoms with E-state index in [1.54, 1.807) is 28.4 Å². The Hall–Kier alpha value is -2.36. The highest BCUT2D eigenvalue weighted by molar-refractivity contribution is 14.0. The standard InChI is InChI=1S/C23H33N3O4.HI/c1-16-8-7-9-19(14-16)30-17(2)15-26-23(24-3)25-13-12-18-10-11-20(27-4)22(29-6)21(18)28-5;/h7-11,14,17H,12-13,15H2,1-6H3,(H2,24,25,26);1H. The van der Waals surface area contributed by atoms with Crippen LogP contribution in [0, 0.1) is 6.92 Å². The summed E-state index contributed by atoms with van der Waals surface area (Å²) in [5, 5.41) is 6.62. The third kappa shape index (κ3) is 8.01. The average Bonchev–Trinajstić information content (AvgIpc) is 2.75. The van der Waals surface area contributed by atoms with Crippen molar-refractivity contribution in [1.82, 2.24) is 10.6 Å². The van der Waals surface area contributed by atoms with Gasteiger partial charge in [-0.1, -0.05) is 18.2 Å². The predicted molar refractivity (Wildman–Crippen MR) is 136 cm³/mol. The average molecular weight is 543 g/mol. The van der Waals surface area contributed by atoms with E-state index in [0.29, 0.717) is 36.3 Å². The van der Waals surface area contributed by atoms with Gasteiger partial charge in [-0.3, -0.25) is 4.99 Å². The highest BCUT2D eigenvalue weighted by atomic mass is 127. The molecule has 2 rings (SSSR count). The number of rotatable bonds is 10. The molecule has 0 saturated heterocycles. The monoisotopic (exact) mass is 543 g/mol. The highest BCUT2D eigenvalue weighted by Gasteiger charge is 2.15. The maximum atomic E-state index is 5.95. The summed E-state index contributed by atoms with van der Waals surface area (Å²) >= 11 is 0. The number of nitrogens with one attached hydrogen (secondary N) is 2. The van der Waals surface area contributed by atoms with Crippen LogP contribution in [0.25, 0.3) is 0 Å². The van der Waals surface area contributed by atoms with E-state index in [-0.39, 0.29) is 30.1 Å². The second-order valence-corrected chi connectivity index (χ2v) is 6.87. The largest absolute Gasteiger partial charge is 0.493 e. The van der Waals surface area contributed by atoms with Crippen molar-refractivity contribution in [2.24, 2.45) is 4.99 Å². The molecular weight excluding hydrogens is 509 g/mol. The van der Waals surface area contributed by atoms with Gasteiger partial charge in [-0.25, -0.2) is 0 Å². The molecule has 0 radical (unpaired) electrons. The van der Waals surface area contributed by atoms with Crippen LogP contribution in [0.5, 0.6) is 23.0 Å². The molecule has 0 aliphatic rings. The Kier molecular flexibility index (Phi) is 11.9. The number of halogens is 1. The van der Waals surface area contributed by atoms with Gasteiger partial charge in [-0.05, 0) is 44.0 Å². The van der Waals surface area contributed by atoms with Crippen molar-refractivity contribution in [2.75, 3.05) is 41.5 Å². The Labute approximate surface area is 202 Å². The molecule has 7 nitrogen and oxygen atoms in total. The quantitative estimate of drug-likeness (QED) is 0.270. The molecule has 172 valence electrons. The van der Waals surface area contributed by atoms with E-state index in [0.717, 1.165) is 17.7 Å². The lowest BCUT2D eigenvalue weighted by molar-refractivity contribution is 0.223. The number of hydrogen-bond donors (Lipinski definition) is 2. The number of aryl methyl sites for hydroxylation is 1.